The topological polar surface area (TPSA) is 111 Å². The summed E-state index contributed by atoms with van der Waals surface area (Å²) in [6.45, 7) is 4.74. The second kappa shape index (κ2) is 59.4. The molecule has 0 aromatic carbocycles. The van der Waals surface area contributed by atoms with E-state index in [0.717, 1.165) is 64.2 Å². The maximum absolute atomic E-state index is 12.9. The summed E-state index contributed by atoms with van der Waals surface area (Å²) in [6, 6.07) is 0. The predicted octanol–water partition coefficient (Wildman–Crippen LogP) is 18.5. The lowest BCUT2D eigenvalue weighted by Gasteiger charge is -2.26. The zero-order chi connectivity index (χ0) is 56.2. The Bertz CT molecular complexity index is 1400. The smallest absolute Gasteiger partial charge is 0.306 e. The molecule has 2 atom stereocenters. The first-order chi connectivity index (χ1) is 37.6. The second-order valence-corrected chi connectivity index (χ2v) is 23.4. The van der Waals surface area contributed by atoms with E-state index in [4.69, 9.17) is 18.9 Å². The lowest BCUT2D eigenvalue weighted by atomic mass is 10.0. The van der Waals surface area contributed by atoms with Gasteiger partial charge in [-0.1, -0.05) is 268 Å². The van der Waals surface area contributed by atoms with E-state index in [1.807, 2.05) is 21.1 Å². The number of allylic oxidation sites excluding steroid dienone is 8. The lowest BCUT2D eigenvalue weighted by Crippen LogP contribution is -2.44. The van der Waals surface area contributed by atoms with Crippen LogP contribution < -0.4 is 5.11 Å². The molecule has 9 heteroatoms. The highest BCUT2D eigenvalue weighted by Gasteiger charge is 2.22. The van der Waals surface area contributed by atoms with Gasteiger partial charge in [0.25, 0.3) is 0 Å². The molecule has 0 N–H and O–H groups in total. The van der Waals surface area contributed by atoms with Gasteiger partial charge in [0.05, 0.1) is 40.3 Å². The molecule has 0 aliphatic rings. The summed E-state index contributed by atoms with van der Waals surface area (Å²) in [4.78, 5) is 37.3. The molecule has 0 amide bonds. The maximum Gasteiger partial charge on any atom is 0.306 e. The van der Waals surface area contributed by atoms with Crippen molar-refractivity contribution in [1.29, 1.82) is 0 Å². The van der Waals surface area contributed by atoms with Crippen LogP contribution in [0.5, 0.6) is 0 Å². The van der Waals surface area contributed by atoms with Crippen LogP contribution in [0.25, 0.3) is 0 Å². The Balaban J connectivity index is 3.94. The van der Waals surface area contributed by atoms with Crippen molar-refractivity contribution in [3.63, 3.8) is 0 Å². The number of aliphatic carboxylic acids is 1. The van der Waals surface area contributed by atoms with Gasteiger partial charge in [-0.3, -0.25) is 9.59 Å². The Morgan fingerprint density at radius 1 is 0.390 bits per heavy atom. The van der Waals surface area contributed by atoms with Crippen molar-refractivity contribution in [3.8, 4) is 0 Å². The molecular formula is C68H125NO8. The number of carbonyl (C=O) groups is 3. The number of ether oxygens (including phenoxy) is 4. The Morgan fingerprint density at radius 3 is 1.06 bits per heavy atom. The Labute approximate surface area is 476 Å². The summed E-state index contributed by atoms with van der Waals surface area (Å²) in [7, 11) is 5.93. The standard InChI is InChI=1S/C68H125NO8/c1-6-8-10-12-14-16-18-20-21-22-23-24-25-26-27-28-29-30-31-32-33-34-35-36-37-38-39-40-41-42-43-44-45-47-49-51-53-55-57-59-66(71)77-64(63-76-68(67(72)73)74-61-60-69(3,4)5)62-75-65(70)58-56-54-52-50-48-46-19-17-15-13-11-9-7-2/h17-20,22-23,25-26,64,68H,6-16,21,24,27-63H2,1-5H3/b19-17-,20-18-,23-22-,26-25-. The average molecular weight is 1080 g/mol. The van der Waals surface area contributed by atoms with Gasteiger partial charge in [-0.05, 0) is 77.0 Å². The number of carboxylic acid groups (broad SMARTS) is 1. The molecule has 450 valence electrons. The van der Waals surface area contributed by atoms with Gasteiger partial charge >= 0.3 is 11.9 Å². The molecule has 77 heavy (non-hydrogen) atoms. The SMILES string of the molecule is CCCCCC/C=C\CCCCCCCC(=O)OCC(COC(OCC[N+](C)(C)C)C(=O)[O-])OC(=O)CCCCCCCCCCCCCCCCCCCCCCCCCC/C=C\C/C=C\C/C=C\CCCCCCC. The summed E-state index contributed by atoms with van der Waals surface area (Å²) in [6.07, 6.45) is 72.1. The van der Waals surface area contributed by atoms with Gasteiger partial charge in [-0.2, -0.15) is 0 Å². The van der Waals surface area contributed by atoms with Crippen LogP contribution in [0.4, 0.5) is 0 Å². The van der Waals surface area contributed by atoms with Gasteiger partial charge in [0.1, 0.15) is 13.2 Å². The van der Waals surface area contributed by atoms with Crippen LogP contribution in [-0.2, 0) is 33.3 Å². The Kier molecular flexibility index (Phi) is 57.3. The van der Waals surface area contributed by atoms with Crippen molar-refractivity contribution in [2.24, 2.45) is 0 Å². The molecule has 0 saturated heterocycles. The summed E-state index contributed by atoms with van der Waals surface area (Å²) < 4.78 is 22.7. The van der Waals surface area contributed by atoms with Crippen LogP contribution in [-0.4, -0.2) is 82.3 Å². The summed E-state index contributed by atoms with van der Waals surface area (Å²) >= 11 is 0. The summed E-state index contributed by atoms with van der Waals surface area (Å²) in [5.41, 5.74) is 0. The Hall–Kier alpha value is -2.75. The number of carboxylic acids is 1. The predicted molar refractivity (Wildman–Crippen MR) is 325 cm³/mol. The fourth-order valence-electron chi connectivity index (χ4n) is 9.48. The molecule has 0 aromatic rings. The normalized spacial score (nSPS) is 13.0. The lowest BCUT2D eigenvalue weighted by molar-refractivity contribution is -0.870. The maximum atomic E-state index is 12.9. The number of rotatable bonds is 61. The van der Waals surface area contributed by atoms with Crippen LogP contribution in [0.15, 0.2) is 48.6 Å². The number of unbranched alkanes of at least 4 members (excludes halogenated alkanes) is 38. The fourth-order valence-corrected chi connectivity index (χ4v) is 9.48. The minimum atomic E-state index is -1.62. The molecule has 0 aliphatic heterocycles. The zero-order valence-electron chi connectivity index (χ0n) is 51.3. The van der Waals surface area contributed by atoms with Gasteiger partial charge in [0, 0.05) is 12.8 Å². The van der Waals surface area contributed by atoms with Gasteiger partial charge in [0.2, 0.25) is 0 Å². The van der Waals surface area contributed by atoms with Crippen molar-refractivity contribution in [2.75, 3.05) is 47.5 Å². The van der Waals surface area contributed by atoms with Gasteiger partial charge < -0.3 is 33.3 Å². The molecule has 0 rings (SSSR count). The van der Waals surface area contributed by atoms with Crippen molar-refractivity contribution < 1.29 is 42.9 Å². The molecule has 0 spiro atoms. The third kappa shape index (κ3) is 60.7. The van der Waals surface area contributed by atoms with E-state index in [0.29, 0.717) is 17.4 Å². The average Bonchev–Trinajstić information content (AvgIpc) is 3.40. The van der Waals surface area contributed by atoms with Gasteiger partial charge in [-0.25, -0.2) is 0 Å². The molecule has 0 bridgehead atoms. The molecule has 0 aliphatic carbocycles. The van der Waals surface area contributed by atoms with Gasteiger partial charge in [-0.15, -0.1) is 0 Å². The van der Waals surface area contributed by atoms with E-state index < -0.39 is 24.3 Å². The second-order valence-electron chi connectivity index (χ2n) is 23.4. The molecule has 0 heterocycles. The largest absolute Gasteiger partial charge is 0.545 e. The number of hydrogen-bond acceptors (Lipinski definition) is 8. The molecule has 0 aromatic heterocycles. The van der Waals surface area contributed by atoms with Crippen LogP contribution in [0.2, 0.25) is 0 Å². The van der Waals surface area contributed by atoms with E-state index in [9.17, 15) is 19.5 Å². The van der Waals surface area contributed by atoms with E-state index >= 15 is 0 Å². The van der Waals surface area contributed by atoms with Gasteiger partial charge in [0.15, 0.2) is 12.4 Å². The quantitative estimate of drug-likeness (QED) is 0.0195. The monoisotopic (exact) mass is 1080 g/mol. The fraction of sp³-hybridized carbons (Fsp3) is 0.838. The van der Waals surface area contributed by atoms with Crippen LogP contribution in [0, 0.1) is 0 Å². The van der Waals surface area contributed by atoms with Crippen LogP contribution in [0.3, 0.4) is 0 Å². The van der Waals surface area contributed by atoms with Crippen molar-refractivity contribution in [3.05, 3.63) is 48.6 Å². The minimum Gasteiger partial charge on any atom is -0.545 e. The minimum absolute atomic E-state index is 0.148. The van der Waals surface area contributed by atoms with Crippen molar-refractivity contribution in [2.45, 2.75) is 322 Å². The zero-order valence-corrected chi connectivity index (χ0v) is 51.3. The molecule has 2 unspecified atom stereocenters. The molecule has 0 fully saturated rings. The number of likely N-dealkylation sites (N-methyl/N-ethyl adjacent to an activating group) is 1. The number of quaternary nitrogens is 1. The Morgan fingerprint density at radius 2 is 0.701 bits per heavy atom. The first kappa shape index (κ1) is 74.2. The van der Waals surface area contributed by atoms with Crippen LogP contribution >= 0.6 is 0 Å². The summed E-state index contributed by atoms with van der Waals surface area (Å²) in [5.74, 6) is -2.28. The highest BCUT2D eigenvalue weighted by molar-refractivity contribution is 5.70. The first-order valence-electron chi connectivity index (χ1n) is 32.8. The van der Waals surface area contributed by atoms with Crippen LogP contribution in [0.1, 0.15) is 309 Å². The first-order valence-corrected chi connectivity index (χ1v) is 32.8. The number of esters is 2. The molecular weight excluding hydrogens is 959 g/mol. The molecule has 0 radical (unpaired) electrons. The summed E-state index contributed by atoms with van der Waals surface area (Å²) in [5, 5.41) is 11.8. The van der Waals surface area contributed by atoms with E-state index in [1.54, 1.807) is 0 Å². The number of carbonyl (C=O) groups excluding carboxylic acids is 3. The van der Waals surface area contributed by atoms with Crippen molar-refractivity contribution in [1.82, 2.24) is 0 Å². The number of nitrogens with zero attached hydrogens (tertiary/aromatic N) is 1. The molecule has 0 saturated carbocycles. The molecule has 9 nitrogen and oxygen atoms in total. The van der Waals surface area contributed by atoms with E-state index in [1.165, 1.54) is 212 Å². The third-order valence-corrected chi connectivity index (χ3v) is 14.5. The third-order valence-electron chi connectivity index (χ3n) is 14.5. The van der Waals surface area contributed by atoms with E-state index in [2.05, 4.69) is 62.5 Å². The number of hydrogen-bond donors (Lipinski definition) is 0. The highest BCUT2D eigenvalue weighted by Crippen LogP contribution is 2.18. The van der Waals surface area contributed by atoms with Crippen molar-refractivity contribution >= 4 is 17.9 Å². The van der Waals surface area contributed by atoms with E-state index in [-0.39, 0.29) is 38.6 Å². The highest BCUT2D eigenvalue weighted by atomic mass is 16.7.